The second-order valence-electron chi connectivity index (χ2n) is 27.0. The van der Waals surface area contributed by atoms with Crippen LogP contribution in [0.2, 0.25) is 0 Å². The topological polar surface area (TPSA) is 211 Å². The normalized spacial score (nSPS) is 17.6. The average molecular weight is 1390 g/mol. The van der Waals surface area contributed by atoms with Crippen molar-refractivity contribution in [2.24, 2.45) is 0 Å². The highest BCUT2D eigenvalue weighted by Gasteiger charge is 2.27. The monoisotopic (exact) mass is 1380 g/mol. The van der Waals surface area contributed by atoms with Gasteiger partial charge in [0.05, 0.1) is 26.4 Å². The van der Waals surface area contributed by atoms with Gasteiger partial charge < -0.3 is 77.3 Å². The molecular weight excluding hydrogens is 1290 g/mol. The molecule has 102 heavy (non-hydrogen) atoms. The van der Waals surface area contributed by atoms with E-state index in [-0.39, 0.29) is 77.0 Å². The number of benzene rings is 9. The van der Waals surface area contributed by atoms with Crippen molar-refractivity contribution in [2.45, 2.75) is 87.6 Å². The number of ether oxygens (including phenoxy) is 12. The Labute approximate surface area is 597 Å². The Morgan fingerprint density at radius 1 is 0.265 bits per heavy atom. The van der Waals surface area contributed by atoms with Crippen LogP contribution in [0.1, 0.15) is 55.6 Å². The molecule has 0 radical (unpaired) electrons. The van der Waals surface area contributed by atoms with Crippen LogP contribution in [0.4, 0.5) is 0 Å². The van der Waals surface area contributed by atoms with Crippen LogP contribution in [0.25, 0.3) is 0 Å². The van der Waals surface area contributed by atoms with Crippen LogP contribution in [0, 0.1) is 0 Å². The Morgan fingerprint density at radius 2 is 0.451 bits per heavy atom. The van der Waals surface area contributed by atoms with Gasteiger partial charge in [-0.05, 0) is 178 Å². The molecular formula is C84H92N2O16. The molecule has 534 valence electrons. The maximum absolute atomic E-state index is 11.7. The Kier molecular flexibility index (Phi) is 25.3. The third kappa shape index (κ3) is 24.6. The van der Waals surface area contributed by atoms with Crippen molar-refractivity contribution in [3.8, 4) is 46.0 Å². The van der Waals surface area contributed by atoms with Gasteiger partial charge in [0.2, 0.25) is 0 Å². The van der Waals surface area contributed by atoms with Gasteiger partial charge in [-0.2, -0.15) is 0 Å². The van der Waals surface area contributed by atoms with Gasteiger partial charge in [0.1, 0.15) is 148 Å². The van der Waals surface area contributed by atoms with Gasteiger partial charge in [0, 0.05) is 39.3 Å². The van der Waals surface area contributed by atoms with E-state index >= 15 is 0 Å². The van der Waals surface area contributed by atoms with Crippen molar-refractivity contribution in [1.29, 1.82) is 0 Å². The van der Waals surface area contributed by atoms with Crippen LogP contribution in [0.3, 0.4) is 0 Å². The van der Waals surface area contributed by atoms with Crippen LogP contribution in [0.15, 0.2) is 218 Å². The largest absolute Gasteiger partial charge is 0.491 e. The Morgan fingerprint density at radius 3 is 0.637 bits per heavy atom. The van der Waals surface area contributed by atoms with E-state index in [4.69, 9.17) is 56.8 Å². The van der Waals surface area contributed by atoms with Crippen molar-refractivity contribution >= 4 is 0 Å². The molecule has 4 aliphatic rings. The number of aliphatic hydroxyl groups excluding tert-OH is 4. The molecule has 0 aliphatic carbocycles. The highest BCUT2D eigenvalue weighted by molar-refractivity contribution is 5.39. The van der Waals surface area contributed by atoms with E-state index in [9.17, 15) is 20.4 Å². The number of aliphatic hydroxyl groups is 4. The number of epoxide rings is 4. The molecule has 0 bridgehead atoms. The SMILES string of the molecule is OC(COc1ccc(Cc2ccc(OCC3CO3)cc2)cc1)CN(Cc1cccc(CN(CC(O)COc2ccc(Cc3ccc(OCC4CO4)cc3)cc2)CC(O)COc2ccc(Cc3ccc(OCC4CO4)cc3)cc2)c1)CC(O)COc1ccc(Cc2ccc(OCC3CO3)cc2)cc1. The van der Waals surface area contributed by atoms with Crippen LogP contribution in [0.5, 0.6) is 46.0 Å². The first-order chi connectivity index (χ1) is 50.0. The summed E-state index contributed by atoms with van der Waals surface area (Å²) < 4.78 is 69.1. The summed E-state index contributed by atoms with van der Waals surface area (Å²) in [6.45, 7) is 6.81. The molecule has 8 unspecified atom stereocenters. The van der Waals surface area contributed by atoms with Gasteiger partial charge in [-0.15, -0.1) is 0 Å². The summed E-state index contributed by atoms with van der Waals surface area (Å²) in [5.41, 5.74) is 10.9. The Hall–Kier alpha value is -9.02. The summed E-state index contributed by atoms with van der Waals surface area (Å²) in [6.07, 6.45) is 0.0543. The molecule has 4 fully saturated rings. The zero-order valence-corrected chi connectivity index (χ0v) is 57.5. The molecule has 0 aromatic heterocycles. The lowest BCUT2D eigenvalue weighted by molar-refractivity contribution is 0.0277. The summed E-state index contributed by atoms with van der Waals surface area (Å²) >= 11 is 0. The van der Waals surface area contributed by atoms with Gasteiger partial charge in [0.15, 0.2) is 0 Å². The summed E-state index contributed by atoms with van der Waals surface area (Å²) in [5, 5.41) is 46.8. The molecule has 0 spiro atoms. The summed E-state index contributed by atoms with van der Waals surface area (Å²) in [6, 6.07) is 72.1. The summed E-state index contributed by atoms with van der Waals surface area (Å²) in [5.74, 6) is 5.81. The molecule has 4 N–H and O–H groups in total. The van der Waals surface area contributed by atoms with E-state index in [1.807, 2.05) is 174 Å². The Balaban J connectivity index is 0.640. The summed E-state index contributed by atoms with van der Waals surface area (Å²) in [7, 11) is 0. The minimum absolute atomic E-state index is 0.0192. The van der Waals surface area contributed by atoms with Crippen LogP contribution in [-0.2, 0) is 57.7 Å². The van der Waals surface area contributed by atoms with Gasteiger partial charge in [-0.25, -0.2) is 0 Å². The van der Waals surface area contributed by atoms with Crippen molar-refractivity contribution < 1.29 is 77.3 Å². The Bertz CT molecular complexity index is 3460. The third-order valence-electron chi connectivity index (χ3n) is 17.8. The number of hydrogen-bond acceptors (Lipinski definition) is 18. The standard InChI is InChI=1S/C84H92N2O16/c87-69(47-91-73-20-4-59(5-21-73)36-63-12-28-77(29-13-63)95-51-81-55-99-81)43-85(44-70(88)48-92-74-22-6-60(7-23-74)37-64-14-30-78(31-15-64)96-52-82-56-100-82)41-67-2-1-3-68(40-67)42-86(45-71(89)49-93-75-24-8-61(9-25-75)38-65-16-32-79(33-17-65)97-53-83-57-101-83)46-72(90)50-94-76-26-10-62(11-27-76)39-66-18-34-80(35-19-66)98-54-84-58-102-84/h1-35,40,69-72,81-84,87-90H,36-39,41-58H2. The highest BCUT2D eigenvalue weighted by atomic mass is 16.6. The number of rotatable bonds is 44. The molecule has 18 heteroatoms. The number of nitrogens with zero attached hydrogens (tertiary/aromatic N) is 2. The predicted octanol–water partition coefficient (Wildman–Crippen LogP) is 10.5. The molecule has 0 amide bonds. The molecule has 4 aliphatic heterocycles. The zero-order valence-electron chi connectivity index (χ0n) is 57.5. The molecule has 9 aromatic rings. The fourth-order valence-corrected chi connectivity index (χ4v) is 11.9. The molecule has 18 nitrogen and oxygen atoms in total. The molecule has 4 heterocycles. The first-order valence-electron chi connectivity index (χ1n) is 35.4. The van der Waals surface area contributed by atoms with Crippen molar-refractivity contribution in [3.05, 3.63) is 274 Å². The average Bonchev–Trinajstić information content (AvgIpc) is 1.32. The van der Waals surface area contributed by atoms with E-state index in [0.29, 0.717) is 62.5 Å². The van der Waals surface area contributed by atoms with E-state index in [1.165, 1.54) is 0 Å². The van der Waals surface area contributed by atoms with Crippen LogP contribution < -0.4 is 37.9 Å². The maximum Gasteiger partial charge on any atom is 0.119 e. The predicted molar refractivity (Wildman–Crippen MR) is 387 cm³/mol. The molecule has 4 saturated heterocycles. The van der Waals surface area contributed by atoms with Crippen LogP contribution >= 0.6 is 0 Å². The second-order valence-corrected chi connectivity index (χ2v) is 27.0. The van der Waals surface area contributed by atoms with E-state index < -0.39 is 24.4 Å². The molecule has 8 atom stereocenters. The number of hydrogen-bond donors (Lipinski definition) is 4. The van der Waals surface area contributed by atoms with Gasteiger partial charge in [0.25, 0.3) is 0 Å². The smallest absolute Gasteiger partial charge is 0.119 e. The van der Waals surface area contributed by atoms with Gasteiger partial charge in [-0.1, -0.05) is 121 Å². The zero-order chi connectivity index (χ0) is 69.7. The van der Waals surface area contributed by atoms with Crippen molar-refractivity contribution in [1.82, 2.24) is 9.80 Å². The van der Waals surface area contributed by atoms with Gasteiger partial charge in [-0.3, -0.25) is 9.80 Å². The first kappa shape index (κ1) is 71.4. The molecule has 0 saturated carbocycles. The van der Waals surface area contributed by atoms with Crippen LogP contribution in [-0.4, -0.2) is 185 Å². The molecule has 9 aromatic carbocycles. The lowest BCUT2D eigenvalue weighted by Gasteiger charge is -2.29. The fourth-order valence-electron chi connectivity index (χ4n) is 11.9. The minimum Gasteiger partial charge on any atom is -0.491 e. The third-order valence-corrected chi connectivity index (χ3v) is 17.8. The van der Waals surface area contributed by atoms with Crippen molar-refractivity contribution in [2.75, 3.05) is 105 Å². The highest BCUT2D eigenvalue weighted by Crippen LogP contribution is 2.26. The second kappa shape index (κ2) is 36.2. The minimum atomic E-state index is -0.922. The maximum atomic E-state index is 11.7. The van der Waals surface area contributed by atoms with E-state index in [2.05, 4.69) is 54.6 Å². The van der Waals surface area contributed by atoms with Crippen molar-refractivity contribution in [3.63, 3.8) is 0 Å². The lowest BCUT2D eigenvalue weighted by atomic mass is 10.0. The summed E-state index contributed by atoms with van der Waals surface area (Å²) in [4.78, 5) is 4.02. The van der Waals surface area contributed by atoms with E-state index in [1.54, 1.807) is 0 Å². The van der Waals surface area contributed by atoms with Gasteiger partial charge >= 0.3 is 0 Å². The fraction of sp³-hybridized carbons (Fsp3) is 0.357. The first-order valence-corrected chi connectivity index (χ1v) is 35.4. The molecule has 13 rings (SSSR count). The lowest BCUT2D eigenvalue weighted by Crippen LogP contribution is -2.41. The van der Waals surface area contributed by atoms with E-state index in [0.717, 1.165) is 131 Å². The quantitative estimate of drug-likeness (QED) is 0.0262.